The van der Waals surface area contributed by atoms with Crippen molar-refractivity contribution < 1.29 is 18.3 Å². The summed E-state index contributed by atoms with van der Waals surface area (Å²) in [5, 5.41) is 0. The standard InChI is InChI=1S/C10H15F2NO2/c11-10(12)3-4-13(7-10)9(14)8-1-5-15-6-2-8/h8H,1-7H2. The zero-order valence-electron chi connectivity index (χ0n) is 8.55. The van der Waals surface area contributed by atoms with E-state index in [1.807, 2.05) is 0 Å². The lowest BCUT2D eigenvalue weighted by atomic mass is 9.99. The Morgan fingerprint density at radius 2 is 2.00 bits per heavy atom. The molecule has 15 heavy (non-hydrogen) atoms. The van der Waals surface area contributed by atoms with Gasteiger partial charge >= 0.3 is 0 Å². The summed E-state index contributed by atoms with van der Waals surface area (Å²) in [6.07, 6.45) is 1.14. The first-order valence-corrected chi connectivity index (χ1v) is 5.33. The molecule has 0 aromatic carbocycles. The molecule has 2 fully saturated rings. The molecule has 3 nitrogen and oxygen atoms in total. The minimum Gasteiger partial charge on any atom is -0.381 e. The number of ether oxygens (including phenoxy) is 1. The van der Waals surface area contributed by atoms with Crippen LogP contribution in [0.1, 0.15) is 19.3 Å². The summed E-state index contributed by atoms with van der Waals surface area (Å²) in [5.74, 6) is -2.90. The molecule has 0 spiro atoms. The van der Waals surface area contributed by atoms with Crippen molar-refractivity contribution in [2.24, 2.45) is 5.92 Å². The molecule has 0 aromatic heterocycles. The van der Waals surface area contributed by atoms with Crippen LogP contribution in [0.15, 0.2) is 0 Å². The second-order valence-electron chi connectivity index (χ2n) is 4.25. The molecule has 2 heterocycles. The van der Waals surface area contributed by atoms with Crippen LogP contribution in [-0.4, -0.2) is 43.0 Å². The normalized spacial score (nSPS) is 26.9. The molecule has 0 N–H and O–H groups in total. The molecular formula is C10H15F2NO2. The topological polar surface area (TPSA) is 29.5 Å². The Bertz CT molecular complexity index is 252. The molecule has 2 saturated heterocycles. The Morgan fingerprint density at radius 1 is 1.33 bits per heavy atom. The van der Waals surface area contributed by atoms with Gasteiger partial charge in [-0.2, -0.15) is 0 Å². The summed E-state index contributed by atoms with van der Waals surface area (Å²) in [7, 11) is 0. The molecule has 2 aliphatic heterocycles. The molecule has 86 valence electrons. The quantitative estimate of drug-likeness (QED) is 0.665. The van der Waals surface area contributed by atoms with Crippen molar-refractivity contribution in [3.63, 3.8) is 0 Å². The number of halogens is 2. The molecule has 0 aromatic rings. The Hall–Kier alpha value is -0.710. The highest BCUT2D eigenvalue weighted by Crippen LogP contribution is 2.29. The Balaban J connectivity index is 1.90. The summed E-state index contributed by atoms with van der Waals surface area (Å²) in [6.45, 7) is 0.938. The van der Waals surface area contributed by atoms with Gasteiger partial charge in [-0.15, -0.1) is 0 Å². The maximum Gasteiger partial charge on any atom is 0.267 e. The SMILES string of the molecule is O=C(C1CCOCC1)N1CCC(F)(F)C1. The van der Waals surface area contributed by atoms with Gasteiger partial charge in [0.15, 0.2) is 0 Å². The van der Waals surface area contributed by atoms with E-state index in [4.69, 9.17) is 4.74 Å². The molecule has 2 aliphatic rings. The summed E-state index contributed by atoms with van der Waals surface area (Å²) < 4.78 is 30.9. The first-order chi connectivity index (χ1) is 7.08. The molecule has 5 heteroatoms. The van der Waals surface area contributed by atoms with Gasteiger partial charge in [0.25, 0.3) is 5.92 Å². The number of carbonyl (C=O) groups is 1. The summed E-state index contributed by atoms with van der Waals surface area (Å²) >= 11 is 0. The van der Waals surface area contributed by atoms with Crippen LogP contribution < -0.4 is 0 Å². The largest absolute Gasteiger partial charge is 0.381 e. The van der Waals surface area contributed by atoms with Gasteiger partial charge in [-0.05, 0) is 12.8 Å². The highest BCUT2D eigenvalue weighted by molar-refractivity contribution is 5.79. The van der Waals surface area contributed by atoms with E-state index in [0.717, 1.165) is 0 Å². The van der Waals surface area contributed by atoms with Gasteiger partial charge in [-0.25, -0.2) is 8.78 Å². The van der Waals surface area contributed by atoms with Crippen LogP contribution in [0.25, 0.3) is 0 Å². The molecule has 0 aliphatic carbocycles. The third-order valence-corrected chi connectivity index (χ3v) is 3.05. The van der Waals surface area contributed by atoms with Crippen LogP contribution in [0.2, 0.25) is 0 Å². The van der Waals surface area contributed by atoms with Crippen molar-refractivity contribution in [3.8, 4) is 0 Å². The molecular weight excluding hydrogens is 204 g/mol. The second kappa shape index (κ2) is 4.04. The average Bonchev–Trinajstić information content (AvgIpc) is 2.59. The highest BCUT2D eigenvalue weighted by atomic mass is 19.3. The monoisotopic (exact) mass is 219 g/mol. The van der Waals surface area contributed by atoms with E-state index >= 15 is 0 Å². The minimum atomic E-state index is -2.68. The van der Waals surface area contributed by atoms with Crippen LogP contribution in [0.4, 0.5) is 8.78 Å². The number of nitrogens with zero attached hydrogens (tertiary/aromatic N) is 1. The van der Waals surface area contributed by atoms with Crippen molar-refractivity contribution in [3.05, 3.63) is 0 Å². The van der Waals surface area contributed by atoms with Gasteiger partial charge in [0.1, 0.15) is 0 Å². The summed E-state index contributed by atoms with van der Waals surface area (Å²) in [5.41, 5.74) is 0. The smallest absolute Gasteiger partial charge is 0.267 e. The van der Waals surface area contributed by atoms with E-state index < -0.39 is 12.5 Å². The van der Waals surface area contributed by atoms with E-state index in [2.05, 4.69) is 0 Å². The molecule has 2 rings (SSSR count). The highest BCUT2D eigenvalue weighted by Gasteiger charge is 2.41. The Kier molecular flexibility index (Phi) is 2.91. The summed E-state index contributed by atoms with van der Waals surface area (Å²) in [4.78, 5) is 13.1. The lowest BCUT2D eigenvalue weighted by molar-refractivity contribution is -0.138. The number of likely N-dealkylation sites (tertiary alicyclic amines) is 1. The fraction of sp³-hybridized carbons (Fsp3) is 0.900. The zero-order valence-corrected chi connectivity index (χ0v) is 8.55. The second-order valence-corrected chi connectivity index (χ2v) is 4.25. The molecule has 0 unspecified atom stereocenters. The van der Waals surface area contributed by atoms with Gasteiger partial charge < -0.3 is 9.64 Å². The van der Waals surface area contributed by atoms with Gasteiger partial charge in [0.05, 0.1) is 6.54 Å². The molecule has 0 atom stereocenters. The van der Waals surface area contributed by atoms with E-state index in [-0.39, 0.29) is 24.8 Å². The van der Waals surface area contributed by atoms with Crippen molar-refractivity contribution in [1.82, 2.24) is 4.90 Å². The lowest BCUT2D eigenvalue weighted by Gasteiger charge is -2.26. The molecule has 0 saturated carbocycles. The number of hydrogen-bond acceptors (Lipinski definition) is 2. The fourth-order valence-electron chi connectivity index (χ4n) is 2.13. The van der Waals surface area contributed by atoms with Gasteiger partial charge in [0.2, 0.25) is 5.91 Å². The first kappa shape index (κ1) is 10.8. The number of alkyl halides is 2. The maximum atomic E-state index is 12.9. The number of amides is 1. The van der Waals surface area contributed by atoms with Crippen LogP contribution in [-0.2, 0) is 9.53 Å². The zero-order chi connectivity index (χ0) is 10.9. The number of carbonyl (C=O) groups excluding carboxylic acids is 1. The lowest BCUT2D eigenvalue weighted by Crippen LogP contribution is -2.38. The van der Waals surface area contributed by atoms with Gasteiger partial charge in [-0.3, -0.25) is 4.79 Å². The van der Waals surface area contributed by atoms with Gasteiger partial charge in [-0.1, -0.05) is 0 Å². The van der Waals surface area contributed by atoms with E-state index in [1.165, 1.54) is 4.90 Å². The van der Waals surface area contributed by atoms with E-state index in [1.54, 1.807) is 0 Å². The van der Waals surface area contributed by atoms with Crippen LogP contribution in [0.5, 0.6) is 0 Å². The van der Waals surface area contributed by atoms with E-state index in [9.17, 15) is 13.6 Å². The third-order valence-electron chi connectivity index (χ3n) is 3.05. The first-order valence-electron chi connectivity index (χ1n) is 5.33. The van der Waals surface area contributed by atoms with Gasteiger partial charge in [0, 0.05) is 32.1 Å². The van der Waals surface area contributed by atoms with Crippen molar-refractivity contribution in [1.29, 1.82) is 0 Å². The number of hydrogen-bond donors (Lipinski definition) is 0. The summed E-state index contributed by atoms with van der Waals surface area (Å²) in [6, 6.07) is 0. The Morgan fingerprint density at radius 3 is 2.53 bits per heavy atom. The van der Waals surface area contributed by atoms with Crippen molar-refractivity contribution >= 4 is 5.91 Å². The predicted molar refractivity (Wildman–Crippen MR) is 49.7 cm³/mol. The third kappa shape index (κ3) is 2.45. The Labute approximate surface area is 87.4 Å². The van der Waals surface area contributed by atoms with Crippen molar-refractivity contribution in [2.75, 3.05) is 26.3 Å². The maximum absolute atomic E-state index is 12.9. The van der Waals surface area contributed by atoms with Crippen LogP contribution in [0.3, 0.4) is 0 Å². The molecule has 0 bridgehead atoms. The predicted octanol–water partition coefficient (Wildman–Crippen LogP) is 1.28. The average molecular weight is 219 g/mol. The van der Waals surface area contributed by atoms with E-state index in [0.29, 0.717) is 26.1 Å². The van der Waals surface area contributed by atoms with Crippen LogP contribution >= 0.6 is 0 Å². The minimum absolute atomic E-state index is 0.104. The molecule has 1 amide bonds. The molecule has 0 radical (unpaired) electrons. The fourth-order valence-corrected chi connectivity index (χ4v) is 2.13. The van der Waals surface area contributed by atoms with Crippen LogP contribution in [0, 0.1) is 5.92 Å². The number of rotatable bonds is 1. The van der Waals surface area contributed by atoms with Crippen molar-refractivity contribution in [2.45, 2.75) is 25.2 Å².